The van der Waals surface area contributed by atoms with Gasteiger partial charge in [-0.3, -0.25) is 14.2 Å². The second-order valence-electron chi connectivity index (χ2n) is 7.59. The summed E-state index contributed by atoms with van der Waals surface area (Å²) < 4.78 is 1.61. The molecule has 0 spiro atoms. The Labute approximate surface area is 173 Å². The molecular formula is C24H19N5O. The number of nitrogens with zero attached hydrogens (tertiary/aromatic N) is 5. The zero-order valence-electron chi connectivity index (χ0n) is 16.2. The van der Waals surface area contributed by atoms with Gasteiger partial charge in [-0.15, -0.1) is 0 Å². The number of benzene rings is 2. The van der Waals surface area contributed by atoms with Gasteiger partial charge in [-0.1, -0.05) is 42.5 Å². The third-order valence-electron chi connectivity index (χ3n) is 5.76. The van der Waals surface area contributed by atoms with Crippen molar-refractivity contribution in [1.29, 1.82) is 0 Å². The maximum atomic E-state index is 13.5. The average molecular weight is 393 g/mol. The molecule has 30 heavy (non-hydrogen) atoms. The summed E-state index contributed by atoms with van der Waals surface area (Å²) in [5.74, 6) is 0.802. The molecule has 2 aromatic heterocycles. The number of rotatable bonds is 2. The zero-order valence-corrected chi connectivity index (χ0v) is 16.2. The maximum absolute atomic E-state index is 13.5. The van der Waals surface area contributed by atoms with Crippen molar-refractivity contribution in [2.24, 2.45) is 11.0 Å². The van der Waals surface area contributed by atoms with Gasteiger partial charge >= 0.3 is 0 Å². The summed E-state index contributed by atoms with van der Waals surface area (Å²) in [6.07, 6.45) is 1.77. The Bertz CT molecular complexity index is 1330. The lowest BCUT2D eigenvalue weighted by Crippen LogP contribution is -2.42. The quantitative estimate of drug-likeness (QED) is 0.521. The van der Waals surface area contributed by atoms with Gasteiger partial charge in [-0.05, 0) is 36.4 Å². The number of hydrogen-bond acceptors (Lipinski definition) is 5. The predicted molar refractivity (Wildman–Crippen MR) is 119 cm³/mol. The van der Waals surface area contributed by atoms with E-state index in [0.717, 1.165) is 30.2 Å². The summed E-state index contributed by atoms with van der Waals surface area (Å²) in [4.78, 5) is 20.6. The van der Waals surface area contributed by atoms with Gasteiger partial charge in [-0.2, -0.15) is 5.10 Å². The zero-order chi connectivity index (χ0) is 20.1. The Morgan fingerprint density at radius 1 is 0.800 bits per heavy atom. The van der Waals surface area contributed by atoms with Crippen LogP contribution in [0.25, 0.3) is 5.65 Å². The van der Waals surface area contributed by atoms with E-state index in [4.69, 9.17) is 10.1 Å². The number of hydrazone groups is 1. The van der Waals surface area contributed by atoms with E-state index in [1.165, 1.54) is 0 Å². The van der Waals surface area contributed by atoms with E-state index in [2.05, 4.69) is 17.0 Å². The van der Waals surface area contributed by atoms with E-state index < -0.39 is 0 Å². The van der Waals surface area contributed by atoms with E-state index in [1.807, 2.05) is 71.7 Å². The van der Waals surface area contributed by atoms with Crippen LogP contribution in [0.3, 0.4) is 0 Å². The summed E-state index contributed by atoms with van der Waals surface area (Å²) in [7, 11) is 0. The lowest BCUT2D eigenvalue weighted by atomic mass is 9.93. The van der Waals surface area contributed by atoms with Crippen LogP contribution in [0.15, 0.2) is 95.0 Å². The molecule has 0 fully saturated rings. The fourth-order valence-corrected chi connectivity index (χ4v) is 4.35. The molecule has 2 aliphatic rings. The SMILES string of the molecule is O=c1c2c(nc3ccccn13)N(c1ccccc1)C[C@@H]1CN(c3ccccc3)N=C21. The van der Waals surface area contributed by atoms with Crippen molar-refractivity contribution in [2.75, 3.05) is 23.0 Å². The number of anilines is 3. The first-order chi connectivity index (χ1) is 14.8. The van der Waals surface area contributed by atoms with E-state index >= 15 is 0 Å². The molecule has 0 N–H and O–H groups in total. The molecule has 6 nitrogen and oxygen atoms in total. The van der Waals surface area contributed by atoms with Gasteiger partial charge < -0.3 is 4.90 Å². The lowest BCUT2D eigenvalue weighted by Gasteiger charge is -2.33. The summed E-state index contributed by atoms with van der Waals surface area (Å²) in [5.41, 5.74) is 4.05. The van der Waals surface area contributed by atoms with Crippen molar-refractivity contribution >= 4 is 28.6 Å². The van der Waals surface area contributed by atoms with E-state index in [0.29, 0.717) is 17.0 Å². The summed E-state index contributed by atoms with van der Waals surface area (Å²) in [6, 6.07) is 25.8. The Balaban J connectivity index is 1.58. The summed E-state index contributed by atoms with van der Waals surface area (Å²) in [5, 5.41) is 6.88. The van der Waals surface area contributed by atoms with Gasteiger partial charge in [-0.25, -0.2) is 4.98 Å². The Hall–Kier alpha value is -3.93. The molecule has 4 heterocycles. The van der Waals surface area contributed by atoms with E-state index in [1.54, 1.807) is 10.6 Å². The molecule has 0 bridgehead atoms. The van der Waals surface area contributed by atoms with Crippen molar-refractivity contribution in [3.05, 3.63) is 101 Å². The van der Waals surface area contributed by atoms with Gasteiger partial charge in [0.05, 0.1) is 17.9 Å². The van der Waals surface area contributed by atoms with Gasteiger partial charge in [0.1, 0.15) is 17.0 Å². The van der Waals surface area contributed by atoms with Crippen LogP contribution in [0.4, 0.5) is 17.2 Å². The fraction of sp³-hybridized carbons (Fsp3) is 0.125. The van der Waals surface area contributed by atoms with E-state index in [-0.39, 0.29) is 11.5 Å². The van der Waals surface area contributed by atoms with Gasteiger partial charge in [0.2, 0.25) is 0 Å². The predicted octanol–water partition coefficient (Wildman–Crippen LogP) is 3.69. The molecule has 146 valence electrons. The highest BCUT2D eigenvalue weighted by molar-refractivity contribution is 6.10. The monoisotopic (exact) mass is 393 g/mol. The Morgan fingerprint density at radius 2 is 1.50 bits per heavy atom. The van der Waals surface area contributed by atoms with Crippen LogP contribution in [-0.2, 0) is 0 Å². The lowest BCUT2D eigenvalue weighted by molar-refractivity contribution is 0.687. The van der Waals surface area contributed by atoms with Crippen molar-refractivity contribution in [2.45, 2.75) is 0 Å². The van der Waals surface area contributed by atoms with E-state index in [9.17, 15) is 4.79 Å². The molecule has 0 saturated carbocycles. The van der Waals surface area contributed by atoms with Crippen LogP contribution in [0.2, 0.25) is 0 Å². The highest BCUT2D eigenvalue weighted by Gasteiger charge is 2.39. The molecule has 2 aliphatic heterocycles. The van der Waals surface area contributed by atoms with Crippen molar-refractivity contribution in [3.8, 4) is 0 Å². The van der Waals surface area contributed by atoms with Crippen molar-refractivity contribution < 1.29 is 0 Å². The molecule has 0 radical (unpaired) electrons. The summed E-state index contributed by atoms with van der Waals surface area (Å²) >= 11 is 0. The maximum Gasteiger partial charge on any atom is 0.269 e. The number of fused-ring (bicyclic) bond motifs is 4. The first-order valence-electron chi connectivity index (χ1n) is 10.0. The van der Waals surface area contributed by atoms with Crippen LogP contribution in [-0.4, -0.2) is 28.2 Å². The minimum absolute atomic E-state index is 0.0742. The van der Waals surface area contributed by atoms with Crippen LogP contribution < -0.4 is 15.5 Å². The Morgan fingerprint density at radius 3 is 2.27 bits per heavy atom. The molecule has 0 amide bonds. The first kappa shape index (κ1) is 17.0. The normalized spacial score (nSPS) is 17.6. The minimum Gasteiger partial charge on any atom is -0.325 e. The molecule has 4 aromatic rings. The van der Waals surface area contributed by atoms with Gasteiger partial charge in [0.25, 0.3) is 5.56 Å². The standard InChI is InChI=1S/C24H19N5O/c30-24-21-22-17(16-29(26-22)19-11-5-2-6-12-19)15-28(18-9-3-1-4-10-18)23(21)25-20-13-7-8-14-27(20)24/h1-14,17H,15-16H2/t17-/m1/s1. The molecule has 0 saturated heterocycles. The second kappa shape index (κ2) is 6.56. The third kappa shape index (κ3) is 2.54. The highest BCUT2D eigenvalue weighted by Crippen LogP contribution is 2.36. The largest absolute Gasteiger partial charge is 0.325 e. The van der Waals surface area contributed by atoms with Crippen molar-refractivity contribution in [1.82, 2.24) is 9.38 Å². The molecule has 6 heteroatoms. The van der Waals surface area contributed by atoms with Crippen molar-refractivity contribution in [3.63, 3.8) is 0 Å². The second-order valence-corrected chi connectivity index (χ2v) is 7.59. The van der Waals surface area contributed by atoms with Crippen LogP contribution in [0.1, 0.15) is 5.56 Å². The summed E-state index contributed by atoms with van der Waals surface area (Å²) in [6.45, 7) is 1.47. The molecule has 0 unspecified atom stereocenters. The molecular weight excluding hydrogens is 374 g/mol. The topological polar surface area (TPSA) is 53.2 Å². The number of pyridine rings is 1. The van der Waals surface area contributed by atoms with Crippen LogP contribution >= 0.6 is 0 Å². The number of para-hydroxylation sites is 2. The fourth-order valence-electron chi connectivity index (χ4n) is 4.35. The molecule has 1 atom stereocenters. The third-order valence-corrected chi connectivity index (χ3v) is 5.76. The van der Waals surface area contributed by atoms with Gasteiger partial charge in [0.15, 0.2) is 0 Å². The molecule has 6 rings (SSSR count). The van der Waals surface area contributed by atoms with Crippen LogP contribution in [0, 0.1) is 5.92 Å². The minimum atomic E-state index is -0.0742. The highest BCUT2D eigenvalue weighted by atomic mass is 16.1. The number of hydrogen-bond donors (Lipinski definition) is 0. The average Bonchev–Trinajstić information content (AvgIpc) is 3.24. The Kier molecular flexibility index (Phi) is 3.71. The first-order valence-corrected chi connectivity index (χ1v) is 10.0. The van der Waals surface area contributed by atoms with Gasteiger partial charge in [0, 0.05) is 24.3 Å². The van der Waals surface area contributed by atoms with Crippen LogP contribution in [0.5, 0.6) is 0 Å². The molecule has 0 aliphatic carbocycles. The smallest absolute Gasteiger partial charge is 0.269 e. The number of aromatic nitrogens is 2. The molecule has 2 aromatic carbocycles.